The maximum atomic E-state index is 12.7. The lowest BCUT2D eigenvalue weighted by molar-refractivity contribution is 0.308. The Hall–Kier alpha value is -0.640. The largest absolute Gasteiger partial charge is 0.328 e. The van der Waals surface area contributed by atoms with Crippen LogP contribution in [0.1, 0.15) is 18.9 Å². The van der Waals surface area contributed by atoms with Crippen LogP contribution in [0.3, 0.4) is 0 Å². The zero-order valence-corrected chi connectivity index (χ0v) is 10.9. The summed E-state index contributed by atoms with van der Waals surface area (Å²) in [5.41, 5.74) is 7.07. The highest BCUT2D eigenvalue weighted by Gasteiger charge is 2.24. The predicted molar refractivity (Wildman–Crippen MR) is 70.7 cm³/mol. The number of nitrogens with zero attached hydrogens (tertiary/aromatic N) is 1. The fourth-order valence-electron chi connectivity index (χ4n) is 2.28. The van der Waals surface area contributed by atoms with E-state index in [4.69, 9.17) is 5.73 Å². The van der Waals surface area contributed by atoms with Crippen molar-refractivity contribution < 1.29 is 4.39 Å². The average Bonchev–Trinajstić information content (AvgIpc) is 2.70. The summed E-state index contributed by atoms with van der Waals surface area (Å²) in [6.07, 6.45) is 1.18. The number of likely N-dealkylation sites (tertiary alicyclic amines) is 1. The first-order chi connectivity index (χ1) is 7.65. The molecule has 2 nitrogen and oxygen atoms in total. The van der Waals surface area contributed by atoms with E-state index in [1.165, 1.54) is 24.1 Å². The molecule has 2 rings (SSSR count). The zero-order valence-electron chi connectivity index (χ0n) is 10.1. The van der Waals surface area contributed by atoms with Gasteiger partial charge in [0.05, 0.1) is 0 Å². The molecule has 2 atom stereocenters. The molecule has 2 unspecified atom stereocenters. The average molecular weight is 259 g/mol. The van der Waals surface area contributed by atoms with Crippen molar-refractivity contribution in [1.82, 2.24) is 4.90 Å². The van der Waals surface area contributed by atoms with Gasteiger partial charge in [0.1, 0.15) is 5.82 Å². The summed E-state index contributed by atoms with van der Waals surface area (Å²) in [7, 11) is 0. The molecule has 0 spiro atoms. The molecular weight excluding hydrogens is 239 g/mol. The van der Waals surface area contributed by atoms with E-state index < -0.39 is 0 Å². The van der Waals surface area contributed by atoms with Crippen LogP contribution in [0.15, 0.2) is 24.3 Å². The van der Waals surface area contributed by atoms with Gasteiger partial charge in [0.25, 0.3) is 0 Å². The van der Waals surface area contributed by atoms with Gasteiger partial charge in [-0.25, -0.2) is 4.39 Å². The zero-order chi connectivity index (χ0) is 11.5. The van der Waals surface area contributed by atoms with Crippen LogP contribution in [-0.4, -0.2) is 24.0 Å². The highest BCUT2D eigenvalue weighted by Crippen LogP contribution is 2.20. The predicted octanol–water partition coefficient (Wildman–Crippen LogP) is 2.42. The van der Waals surface area contributed by atoms with E-state index in [1.54, 1.807) is 0 Å². The van der Waals surface area contributed by atoms with Gasteiger partial charge < -0.3 is 5.73 Å². The van der Waals surface area contributed by atoms with E-state index in [9.17, 15) is 4.39 Å². The monoisotopic (exact) mass is 258 g/mol. The van der Waals surface area contributed by atoms with Crippen molar-refractivity contribution in [3.8, 4) is 0 Å². The minimum absolute atomic E-state index is 0. The molecular formula is C13H20ClFN2. The van der Waals surface area contributed by atoms with Gasteiger partial charge >= 0.3 is 0 Å². The second-order valence-corrected chi connectivity index (χ2v) is 4.77. The van der Waals surface area contributed by atoms with Gasteiger partial charge in [-0.1, -0.05) is 12.1 Å². The Kier molecular flexibility index (Phi) is 5.37. The van der Waals surface area contributed by atoms with Crippen molar-refractivity contribution in [1.29, 1.82) is 0 Å². The van der Waals surface area contributed by atoms with Crippen LogP contribution >= 0.6 is 12.4 Å². The summed E-state index contributed by atoms with van der Waals surface area (Å²) >= 11 is 0. The number of hydrogen-bond acceptors (Lipinski definition) is 2. The molecule has 1 aromatic carbocycles. The summed E-state index contributed by atoms with van der Waals surface area (Å²) in [6, 6.07) is 7.03. The summed E-state index contributed by atoms with van der Waals surface area (Å²) in [5, 5.41) is 0. The molecule has 1 aromatic rings. The first-order valence-electron chi connectivity index (χ1n) is 5.87. The van der Waals surface area contributed by atoms with E-state index in [2.05, 4.69) is 11.8 Å². The first-order valence-corrected chi connectivity index (χ1v) is 5.87. The summed E-state index contributed by atoms with van der Waals surface area (Å²) < 4.78 is 12.7. The third-order valence-corrected chi connectivity index (χ3v) is 3.37. The van der Waals surface area contributed by atoms with Gasteiger partial charge in [0.15, 0.2) is 0 Å². The lowest BCUT2D eigenvalue weighted by Crippen LogP contribution is -2.29. The Morgan fingerprint density at radius 1 is 1.41 bits per heavy atom. The summed E-state index contributed by atoms with van der Waals surface area (Å²) in [6.45, 7) is 5.15. The number of halogens is 2. The number of benzene rings is 1. The van der Waals surface area contributed by atoms with Gasteiger partial charge in [0, 0.05) is 19.1 Å². The molecule has 0 saturated carbocycles. The number of hydrogen-bond donors (Lipinski definition) is 1. The SMILES string of the molecule is CC(N)C1CCN(Cc2ccc(F)cc2)C1.Cl. The van der Waals surface area contributed by atoms with Crippen LogP contribution in [0.4, 0.5) is 4.39 Å². The van der Waals surface area contributed by atoms with Crippen LogP contribution in [0, 0.1) is 11.7 Å². The van der Waals surface area contributed by atoms with Gasteiger partial charge in [0.2, 0.25) is 0 Å². The van der Waals surface area contributed by atoms with Gasteiger partial charge in [-0.15, -0.1) is 12.4 Å². The fourth-order valence-corrected chi connectivity index (χ4v) is 2.28. The van der Waals surface area contributed by atoms with Crippen molar-refractivity contribution >= 4 is 12.4 Å². The highest BCUT2D eigenvalue weighted by atomic mass is 35.5. The van der Waals surface area contributed by atoms with Crippen LogP contribution in [0.25, 0.3) is 0 Å². The van der Waals surface area contributed by atoms with E-state index in [-0.39, 0.29) is 24.3 Å². The molecule has 0 bridgehead atoms. The molecule has 2 N–H and O–H groups in total. The highest BCUT2D eigenvalue weighted by molar-refractivity contribution is 5.85. The molecule has 0 radical (unpaired) electrons. The maximum absolute atomic E-state index is 12.7. The van der Waals surface area contributed by atoms with E-state index in [0.717, 1.165) is 19.6 Å². The molecule has 0 aromatic heterocycles. The topological polar surface area (TPSA) is 29.3 Å². The maximum Gasteiger partial charge on any atom is 0.123 e. The van der Waals surface area contributed by atoms with Crippen LogP contribution in [-0.2, 0) is 6.54 Å². The van der Waals surface area contributed by atoms with Crippen LogP contribution in [0.5, 0.6) is 0 Å². The Morgan fingerprint density at radius 3 is 2.59 bits per heavy atom. The van der Waals surface area contributed by atoms with E-state index >= 15 is 0 Å². The van der Waals surface area contributed by atoms with Gasteiger partial charge in [-0.2, -0.15) is 0 Å². The normalized spacial score (nSPS) is 22.2. The standard InChI is InChI=1S/C13H19FN2.ClH/c1-10(15)12-6-7-16(9-12)8-11-2-4-13(14)5-3-11;/h2-5,10,12H,6-9,15H2,1H3;1H. The molecule has 0 amide bonds. The molecule has 96 valence electrons. The van der Waals surface area contributed by atoms with Crippen molar-refractivity contribution in [3.63, 3.8) is 0 Å². The third kappa shape index (κ3) is 3.95. The molecule has 4 heteroatoms. The number of rotatable bonds is 3. The van der Waals surface area contributed by atoms with Gasteiger partial charge in [-0.05, 0) is 43.5 Å². The summed E-state index contributed by atoms with van der Waals surface area (Å²) in [5.74, 6) is 0.444. The minimum Gasteiger partial charge on any atom is -0.328 e. The lowest BCUT2D eigenvalue weighted by atomic mass is 10.0. The van der Waals surface area contributed by atoms with Gasteiger partial charge in [-0.3, -0.25) is 4.90 Å². The Balaban J connectivity index is 0.00000144. The Labute approximate surface area is 108 Å². The quantitative estimate of drug-likeness (QED) is 0.902. The van der Waals surface area contributed by atoms with Crippen LogP contribution in [0.2, 0.25) is 0 Å². The lowest BCUT2D eigenvalue weighted by Gasteiger charge is -2.17. The second kappa shape index (κ2) is 6.34. The van der Waals surface area contributed by atoms with E-state index in [0.29, 0.717) is 5.92 Å². The molecule has 0 aliphatic carbocycles. The minimum atomic E-state index is -0.168. The molecule has 1 heterocycles. The second-order valence-electron chi connectivity index (χ2n) is 4.77. The summed E-state index contributed by atoms with van der Waals surface area (Å²) in [4.78, 5) is 2.39. The molecule has 1 aliphatic heterocycles. The van der Waals surface area contributed by atoms with Crippen molar-refractivity contribution in [3.05, 3.63) is 35.6 Å². The Bertz CT molecular complexity index is 340. The molecule has 1 saturated heterocycles. The smallest absolute Gasteiger partial charge is 0.123 e. The van der Waals surface area contributed by atoms with Crippen molar-refractivity contribution in [2.75, 3.05) is 13.1 Å². The fraction of sp³-hybridized carbons (Fsp3) is 0.538. The van der Waals surface area contributed by atoms with Crippen molar-refractivity contribution in [2.45, 2.75) is 25.9 Å². The first kappa shape index (κ1) is 14.4. The van der Waals surface area contributed by atoms with Crippen molar-refractivity contribution in [2.24, 2.45) is 11.7 Å². The molecule has 1 aliphatic rings. The molecule has 17 heavy (non-hydrogen) atoms. The van der Waals surface area contributed by atoms with E-state index in [1.807, 2.05) is 12.1 Å². The number of nitrogens with two attached hydrogens (primary N) is 1. The Morgan fingerprint density at radius 2 is 2.06 bits per heavy atom. The third-order valence-electron chi connectivity index (χ3n) is 3.37. The molecule has 1 fully saturated rings. The van der Waals surface area contributed by atoms with Crippen LogP contribution < -0.4 is 5.73 Å².